The lowest BCUT2D eigenvalue weighted by Gasteiger charge is -2.34. The maximum atomic E-state index is 4.89. The Morgan fingerprint density at radius 3 is 2.62 bits per heavy atom. The summed E-state index contributed by atoms with van der Waals surface area (Å²) in [6.45, 7) is 5.17. The van der Waals surface area contributed by atoms with Crippen molar-refractivity contribution in [2.24, 2.45) is 0 Å². The Morgan fingerprint density at radius 1 is 0.919 bits per heavy atom. The highest BCUT2D eigenvalue weighted by Gasteiger charge is 2.28. The van der Waals surface area contributed by atoms with Crippen LogP contribution in [0.2, 0.25) is 0 Å². The molecule has 1 atom stereocenters. The smallest absolute Gasteiger partial charge is 0.121 e. The fourth-order valence-corrected chi connectivity index (χ4v) is 5.39. The predicted molar refractivity (Wildman–Crippen MR) is 146 cm³/mol. The quantitative estimate of drug-likeness (QED) is 0.258. The first-order valence-corrected chi connectivity index (χ1v) is 13.1. The van der Waals surface area contributed by atoms with Gasteiger partial charge < -0.3 is 15.3 Å². The second kappa shape index (κ2) is 10.7. The fraction of sp³-hybridized carbons (Fsp3) is 0.300. The van der Waals surface area contributed by atoms with E-state index in [0.717, 1.165) is 67.4 Å². The van der Waals surface area contributed by atoms with Gasteiger partial charge in [-0.1, -0.05) is 42.5 Å². The van der Waals surface area contributed by atoms with Crippen LogP contribution in [0.1, 0.15) is 58.6 Å². The summed E-state index contributed by atoms with van der Waals surface area (Å²) in [5.41, 5.74) is 8.38. The maximum Gasteiger partial charge on any atom is 0.121 e. The van der Waals surface area contributed by atoms with E-state index >= 15 is 0 Å². The van der Waals surface area contributed by atoms with Gasteiger partial charge in [0.05, 0.1) is 29.3 Å². The molecule has 3 aromatic heterocycles. The minimum atomic E-state index is 0.275. The van der Waals surface area contributed by atoms with Crippen molar-refractivity contribution in [2.45, 2.75) is 58.4 Å². The number of pyridine rings is 1. The molecule has 0 aliphatic heterocycles. The average Bonchev–Trinajstić information content (AvgIpc) is 3.54. The van der Waals surface area contributed by atoms with Crippen molar-refractivity contribution >= 4 is 11.0 Å². The Hall–Kier alpha value is -3.81. The molecule has 0 saturated heterocycles. The Morgan fingerprint density at radius 2 is 1.78 bits per heavy atom. The summed E-state index contributed by atoms with van der Waals surface area (Å²) >= 11 is 0. The average molecular weight is 492 g/mol. The Balaban J connectivity index is 1.19. The molecule has 0 amide bonds. The van der Waals surface area contributed by atoms with Crippen LogP contribution < -0.4 is 5.32 Å². The molecule has 1 aliphatic carbocycles. The molecular weight excluding hydrogens is 458 g/mol. The van der Waals surface area contributed by atoms with E-state index in [1.807, 2.05) is 25.4 Å². The Bertz CT molecular complexity index is 1430. The Kier molecular flexibility index (Phi) is 6.80. The molecule has 6 rings (SSSR count). The zero-order chi connectivity index (χ0) is 25.0. The first kappa shape index (κ1) is 23.6. The van der Waals surface area contributed by atoms with Crippen LogP contribution in [0.3, 0.4) is 0 Å². The largest absolute Gasteiger partial charge is 0.345 e. The van der Waals surface area contributed by atoms with Gasteiger partial charge in [-0.05, 0) is 61.1 Å². The fourth-order valence-electron chi connectivity index (χ4n) is 5.39. The van der Waals surface area contributed by atoms with Crippen LogP contribution in [0.25, 0.3) is 11.0 Å². The third-order valence-corrected chi connectivity index (χ3v) is 7.21. The highest BCUT2D eigenvalue weighted by molar-refractivity contribution is 5.74. The number of para-hydroxylation sites is 2. The molecule has 0 spiro atoms. The highest BCUT2D eigenvalue weighted by atomic mass is 15.2. The monoisotopic (exact) mass is 491 g/mol. The molecule has 3 N–H and O–H groups in total. The van der Waals surface area contributed by atoms with Gasteiger partial charge in [-0.2, -0.15) is 0 Å². The first-order chi connectivity index (χ1) is 18.2. The number of benzene rings is 2. The summed E-state index contributed by atoms with van der Waals surface area (Å²) in [6, 6.07) is 21.8. The molecule has 0 bridgehead atoms. The zero-order valence-electron chi connectivity index (χ0n) is 21.2. The Labute approximate surface area is 217 Å². The van der Waals surface area contributed by atoms with Crippen LogP contribution in [0.15, 0.2) is 73.1 Å². The second-order valence-corrected chi connectivity index (χ2v) is 9.98. The van der Waals surface area contributed by atoms with Crippen LogP contribution in [-0.4, -0.2) is 29.8 Å². The number of nitrogens with zero attached hydrogens (tertiary/aromatic N) is 4. The lowest BCUT2D eigenvalue weighted by Crippen LogP contribution is -2.31. The number of aryl methyl sites for hydroxylation is 2. The molecule has 0 saturated carbocycles. The van der Waals surface area contributed by atoms with Gasteiger partial charge in [0.25, 0.3) is 0 Å². The van der Waals surface area contributed by atoms with Crippen molar-refractivity contribution in [1.29, 1.82) is 0 Å². The van der Waals surface area contributed by atoms with Gasteiger partial charge in [-0.15, -0.1) is 0 Å². The lowest BCUT2D eigenvalue weighted by atomic mass is 9.90. The molecule has 0 radical (unpaired) electrons. The maximum absolute atomic E-state index is 4.89. The summed E-state index contributed by atoms with van der Waals surface area (Å²) in [7, 11) is 0. The molecule has 5 aromatic rings. The first-order valence-electron chi connectivity index (χ1n) is 13.1. The SMILES string of the molecule is Cc1ncc(CNCc2ccc(CN(Cc3nc4ccccc4[nH]3)C3CCCc4cccnc43)cc2)[nH]1. The van der Waals surface area contributed by atoms with E-state index in [2.05, 4.69) is 79.8 Å². The molecule has 7 heteroatoms. The second-order valence-electron chi connectivity index (χ2n) is 9.98. The normalized spacial score (nSPS) is 15.4. The molecule has 2 aromatic carbocycles. The van der Waals surface area contributed by atoms with Gasteiger partial charge in [0.2, 0.25) is 0 Å². The van der Waals surface area contributed by atoms with E-state index in [1.165, 1.54) is 28.8 Å². The number of rotatable bonds is 9. The molecule has 0 fully saturated rings. The van der Waals surface area contributed by atoms with Crippen LogP contribution in [0, 0.1) is 6.92 Å². The predicted octanol–water partition coefficient (Wildman–Crippen LogP) is 5.36. The molecule has 3 heterocycles. The molecule has 1 unspecified atom stereocenters. The van der Waals surface area contributed by atoms with Crippen molar-refractivity contribution in [1.82, 2.24) is 35.1 Å². The van der Waals surface area contributed by atoms with Gasteiger partial charge in [0, 0.05) is 37.7 Å². The van der Waals surface area contributed by atoms with E-state index in [-0.39, 0.29) is 6.04 Å². The number of fused-ring (bicyclic) bond motifs is 2. The molecular formula is C30H33N7. The number of imidazole rings is 2. The minimum Gasteiger partial charge on any atom is -0.345 e. The lowest BCUT2D eigenvalue weighted by molar-refractivity contribution is 0.153. The summed E-state index contributed by atoms with van der Waals surface area (Å²) in [6.07, 6.45) is 7.22. The van der Waals surface area contributed by atoms with Crippen molar-refractivity contribution < 1.29 is 0 Å². The molecule has 1 aliphatic rings. The number of aromatic amines is 2. The van der Waals surface area contributed by atoms with Gasteiger partial charge in [0.1, 0.15) is 11.6 Å². The van der Waals surface area contributed by atoms with Crippen LogP contribution in [0.5, 0.6) is 0 Å². The molecule has 37 heavy (non-hydrogen) atoms. The summed E-state index contributed by atoms with van der Waals surface area (Å²) < 4.78 is 0. The van der Waals surface area contributed by atoms with Crippen molar-refractivity contribution in [3.8, 4) is 0 Å². The summed E-state index contributed by atoms with van der Waals surface area (Å²) in [5, 5.41) is 3.50. The summed E-state index contributed by atoms with van der Waals surface area (Å²) in [5.74, 6) is 1.95. The van der Waals surface area contributed by atoms with Crippen LogP contribution >= 0.6 is 0 Å². The minimum absolute atomic E-state index is 0.275. The number of aromatic nitrogens is 5. The van der Waals surface area contributed by atoms with Crippen LogP contribution in [-0.2, 0) is 32.6 Å². The number of hydrogen-bond acceptors (Lipinski definition) is 5. The van der Waals surface area contributed by atoms with E-state index in [0.29, 0.717) is 0 Å². The molecule has 188 valence electrons. The number of H-pyrrole nitrogens is 2. The third-order valence-electron chi connectivity index (χ3n) is 7.21. The standard InChI is InChI=1S/C30H33N7/c1-21-33-18-25(34-21)17-31-16-22-11-13-23(14-12-22)19-37(20-29-35-26-8-2-3-9-27(26)36-29)28-10-4-6-24-7-5-15-32-30(24)28/h2-3,5,7-9,11-15,18,28,31H,4,6,10,16-17,19-20H2,1H3,(H,33,34)(H,35,36). The van der Waals surface area contributed by atoms with Gasteiger partial charge in [-0.25, -0.2) is 9.97 Å². The number of hydrogen-bond donors (Lipinski definition) is 3. The summed E-state index contributed by atoms with van der Waals surface area (Å²) in [4.78, 5) is 23.3. The third kappa shape index (κ3) is 5.48. The molecule has 7 nitrogen and oxygen atoms in total. The van der Waals surface area contributed by atoms with Gasteiger partial charge in [0.15, 0.2) is 0 Å². The van der Waals surface area contributed by atoms with E-state index < -0.39 is 0 Å². The van der Waals surface area contributed by atoms with E-state index in [1.54, 1.807) is 0 Å². The van der Waals surface area contributed by atoms with Crippen molar-refractivity contribution in [3.05, 3.63) is 113 Å². The van der Waals surface area contributed by atoms with Crippen LogP contribution in [0.4, 0.5) is 0 Å². The van der Waals surface area contributed by atoms with Gasteiger partial charge >= 0.3 is 0 Å². The topological polar surface area (TPSA) is 85.5 Å². The van der Waals surface area contributed by atoms with Crippen molar-refractivity contribution in [3.63, 3.8) is 0 Å². The highest BCUT2D eigenvalue weighted by Crippen LogP contribution is 2.34. The van der Waals surface area contributed by atoms with E-state index in [9.17, 15) is 0 Å². The van der Waals surface area contributed by atoms with E-state index in [4.69, 9.17) is 9.97 Å². The van der Waals surface area contributed by atoms with Gasteiger partial charge in [-0.3, -0.25) is 9.88 Å². The zero-order valence-corrected chi connectivity index (χ0v) is 21.2. The number of nitrogens with one attached hydrogen (secondary N) is 3. The van der Waals surface area contributed by atoms with Crippen molar-refractivity contribution in [2.75, 3.05) is 0 Å².